The molecule has 0 amide bonds. The molecule has 0 fully saturated rings. The molecule has 0 rings (SSSR count). The monoisotopic (exact) mass is 238 g/mol. The summed E-state index contributed by atoms with van der Waals surface area (Å²) in [5, 5.41) is 0. The topological polar surface area (TPSA) is 26.3 Å². The number of hydrogen-bond donors (Lipinski definition) is 0. The average Bonchev–Trinajstić information content (AvgIpc) is 2.27. The lowest BCUT2D eigenvalue weighted by atomic mass is 10.3. The molecule has 0 spiro atoms. The average molecular weight is 238 g/mol. The molecule has 0 aliphatic carbocycles. The third-order valence-corrected chi connectivity index (χ3v) is 6.41. The molecule has 16 heavy (non-hydrogen) atoms. The van der Waals surface area contributed by atoms with Gasteiger partial charge in [0.05, 0.1) is 0 Å². The molecule has 0 radical (unpaired) electrons. The largest absolute Gasteiger partial charge is 0.406 e. The van der Waals surface area contributed by atoms with Crippen LogP contribution in [-0.2, 0) is 9.22 Å². The van der Waals surface area contributed by atoms with Crippen LogP contribution in [0.25, 0.3) is 0 Å². The first-order valence-corrected chi connectivity index (χ1v) is 8.16. The zero-order valence-corrected chi connectivity index (χ0v) is 11.2. The molecule has 0 aliphatic heterocycles. The SMILES string of the molecule is C=CC[Si](CC=C)(CC=C)OC(C=O)CC. The van der Waals surface area contributed by atoms with Crippen molar-refractivity contribution in [2.75, 3.05) is 0 Å². The Morgan fingerprint density at radius 2 is 1.56 bits per heavy atom. The summed E-state index contributed by atoms with van der Waals surface area (Å²) in [6.07, 6.45) is 6.91. The van der Waals surface area contributed by atoms with Crippen LogP contribution in [0.5, 0.6) is 0 Å². The quantitative estimate of drug-likeness (QED) is 0.331. The van der Waals surface area contributed by atoms with Crippen molar-refractivity contribution in [1.29, 1.82) is 0 Å². The van der Waals surface area contributed by atoms with Crippen LogP contribution < -0.4 is 0 Å². The number of aldehydes is 1. The lowest BCUT2D eigenvalue weighted by Gasteiger charge is -2.31. The Bertz CT molecular complexity index is 222. The Kier molecular flexibility index (Phi) is 7.76. The molecule has 1 atom stereocenters. The molecule has 0 aromatic rings. The van der Waals surface area contributed by atoms with Crippen molar-refractivity contribution in [3.05, 3.63) is 38.0 Å². The molecule has 0 saturated carbocycles. The van der Waals surface area contributed by atoms with E-state index in [4.69, 9.17) is 4.43 Å². The van der Waals surface area contributed by atoms with Gasteiger partial charge in [0.25, 0.3) is 0 Å². The van der Waals surface area contributed by atoms with E-state index in [9.17, 15) is 4.79 Å². The van der Waals surface area contributed by atoms with E-state index in [1.165, 1.54) is 0 Å². The van der Waals surface area contributed by atoms with Crippen LogP contribution in [-0.4, -0.2) is 20.7 Å². The number of allylic oxidation sites excluding steroid dienone is 3. The van der Waals surface area contributed by atoms with Gasteiger partial charge in [-0.2, -0.15) is 0 Å². The third kappa shape index (κ3) is 4.73. The van der Waals surface area contributed by atoms with Crippen molar-refractivity contribution >= 4 is 14.6 Å². The van der Waals surface area contributed by atoms with Gasteiger partial charge in [-0.05, 0) is 24.6 Å². The van der Waals surface area contributed by atoms with Gasteiger partial charge in [0.1, 0.15) is 12.4 Å². The van der Waals surface area contributed by atoms with E-state index in [0.717, 1.165) is 24.4 Å². The molecule has 0 saturated heterocycles. The molecular formula is C13H22O2Si. The summed E-state index contributed by atoms with van der Waals surface area (Å²) in [7, 11) is -1.99. The van der Waals surface area contributed by atoms with Crippen molar-refractivity contribution in [1.82, 2.24) is 0 Å². The molecule has 0 heterocycles. The minimum atomic E-state index is -1.99. The van der Waals surface area contributed by atoms with Gasteiger partial charge in [-0.1, -0.05) is 25.2 Å². The summed E-state index contributed by atoms with van der Waals surface area (Å²) in [6.45, 7) is 13.3. The predicted molar refractivity (Wildman–Crippen MR) is 72.0 cm³/mol. The van der Waals surface area contributed by atoms with E-state index >= 15 is 0 Å². The summed E-state index contributed by atoms with van der Waals surface area (Å²) in [6, 6.07) is 2.49. The van der Waals surface area contributed by atoms with Crippen molar-refractivity contribution in [2.24, 2.45) is 0 Å². The Hall–Kier alpha value is -0.933. The number of rotatable bonds is 10. The first-order chi connectivity index (χ1) is 7.67. The highest BCUT2D eigenvalue weighted by Gasteiger charge is 2.33. The second kappa shape index (κ2) is 8.25. The maximum atomic E-state index is 10.8. The number of carbonyl (C=O) groups is 1. The molecule has 0 aromatic carbocycles. The summed E-state index contributed by atoms with van der Waals surface area (Å²) < 4.78 is 6.01. The lowest BCUT2D eigenvalue weighted by Crippen LogP contribution is -2.40. The maximum absolute atomic E-state index is 10.8. The fourth-order valence-electron chi connectivity index (χ4n) is 1.71. The zero-order chi connectivity index (χ0) is 12.4. The minimum absolute atomic E-state index is 0.300. The molecule has 0 aromatic heterocycles. The van der Waals surface area contributed by atoms with E-state index in [2.05, 4.69) is 19.7 Å². The summed E-state index contributed by atoms with van der Waals surface area (Å²) >= 11 is 0. The van der Waals surface area contributed by atoms with Gasteiger partial charge in [-0.3, -0.25) is 0 Å². The molecule has 0 N–H and O–H groups in total. The van der Waals surface area contributed by atoms with E-state index in [1.54, 1.807) is 0 Å². The zero-order valence-electron chi connectivity index (χ0n) is 10.2. The van der Waals surface area contributed by atoms with Crippen molar-refractivity contribution in [3.63, 3.8) is 0 Å². The van der Waals surface area contributed by atoms with Crippen LogP contribution in [0.2, 0.25) is 18.1 Å². The molecule has 0 bridgehead atoms. The smallest absolute Gasteiger partial charge is 0.204 e. The number of hydrogen-bond acceptors (Lipinski definition) is 2. The Balaban J connectivity index is 4.81. The maximum Gasteiger partial charge on any atom is 0.204 e. The Labute approximate surface area is 99.8 Å². The van der Waals surface area contributed by atoms with Crippen molar-refractivity contribution in [2.45, 2.75) is 37.6 Å². The summed E-state index contributed by atoms with van der Waals surface area (Å²) in [4.78, 5) is 10.8. The molecule has 0 aliphatic rings. The van der Waals surface area contributed by atoms with Crippen LogP contribution in [0.15, 0.2) is 38.0 Å². The summed E-state index contributed by atoms with van der Waals surface area (Å²) in [5.41, 5.74) is 0. The lowest BCUT2D eigenvalue weighted by molar-refractivity contribution is -0.114. The third-order valence-electron chi connectivity index (χ3n) is 2.50. The fraction of sp³-hybridized carbons (Fsp3) is 0.462. The molecule has 1 unspecified atom stereocenters. The highest BCUT2D eigenvalue weighted by molar-refractivity contribution is 6.75. The predicted octanol–water partition coefficient (Wildman–Crippen LogP) is 3.48. The first kappa shape index (κ1) is 15.1. The highest BCUT2D eigenvalue weighted by Crippen LogP contribution is 2.26. The standard InChI is InChI=1S/C13H22O2Si/c1-5-9-16(10-6-2,11-7-3)15-13(8-4)12-14/h5-7,12-13H,1-3,8-11H2,4H3. The summed E-state index contributed by atoms with van der Waals surface area (Å²) in [5.74, 6) is 0. The van der Waals surface area contributed by atoms with Crippen LogP contribution >= 0.6 is 0 Å². The second-order valence-electron chi connectivity index (χ2n) is 3.86. The van der Waals surface area contributed by atoms with E-state index in [-0.39, 0.29) is 6.10 Å². The van der Waals surface area contributed by atoms with Crippen LogP contribution in [0, 0.1) is 0 Å². The Morgan fingerprint density at radius 1 is 1.12 bits per heavy atom. The molecule has 2 nitrogen and oxygen atoms in total. The minimum Gasteiger partial charge on any atom is -0.406 e. The van der Waals surface area contributed by atoms with Gasteiger partial charge < -0.3 is 9.22 Å². The molecule has 90 valence electrons. The highest BCUT2D eigenvalue weighted by atomic mass is 28.4. The van der Waals surface area contributed by atoms with E-state index in [0.29, 0.717) is 6.42 Å². The fourth-order valence-corrected chi connectivity index (χ4v) is 4.94. The van der Waals surface area contributed by atoms with Gasteiger partial charge in [-0.15, -0.1) is 19.7 Å². The first-order valence-electron chi connectivity index (χ1n) is 5.63. The number of carbonyl (C=O) groups excluding carboxylic acids is 1. The van der Waals surface area contributed by atoms with Gasteiger partial charge in [0, 0.05) is 0 Å². The molecular weight excluding hydrogens is 216 g/mol. The van der Waals surface area contributed by atoms with Gasteiger partial charge in [0.15, 0.2) is 0 Å². The molecule has 3 heteroatoms. The Morgan fingerprint density at radius 3 is 1.81 bits per heavy atom. The van der Waals surface area contributed by atoms with E-state index in [1.807, 2.05) is 25.2 Å². The second-order valence-corrected chi connectivity index (χ2v) is 7.69. The van der Waals surface area contributed by atoms with Gasteiger partial charge in [-0.25, -0.2) is 0 Å². The van der Waals surface area contributed by atoms with Crippen LogP contribution in [0.1, 0.15) is 13.3 Å². The van der Waals surface area contributed by atoms with E-state index < -0.39 is 8.32 Å². The van der Waals surface area contributed by atoms with Crippen LogP contribution in [0.4, 0.5) is 0 Å². The van der Waals surface area contributed by atoms with Crippen molar-refractivity contribution in [3.8, 4) is 0 Å². The van der Waals surface area contributed by atoms with Crippen LogP contribution in [0.3, 0.4) is 0 Å². The van der Waals surface area contributed by atoms with Crippen molar-refractivity contribution < 1.29 is 9.22 Å². The van der Waals surface area contributed by atoms with Gasteiger partial charge in [0.2, 0.25) is 8.32 Å². The van der Waals surface area contributed by atoms with Gasteiger partial charge >= 0.3 is 0 Å². The normalized spacial score (nSPS) is 12.8.